The molecule has 2 rings (SSSR count). The molecule has 0 aromatic heterocycles. The van der Waals surface area contributed by atoms with Gasteiger partial charge in [0.25, 0.3) is 0 Å². The van der Waals surface area contributed by atoms with E-state index in [2.05, 4.69) is 5.32 Å². The van der Waals surface area contributed by atoms with Crippen molar-refractivity contribution in [3.05, 3.63) is 29.3 Å². The number of hydrogen-bond donors (Lipinski definition) is 1. The fourth-order valence-corrected chi connectivity index (χ4v) is 2.70. The summed E-state index contributed by atoms with van der Waals surface area (Å²) in [7, 11) is 1.32. The van der Waals surface area contributed by atoms with E-state index in [-0.39, 0.29) is 18.5 Å². The fourth-order valence-electron chi connectivity index (χ4n) is 2.70. The molecule has 2 amide bonds. The van der Waals surface area contributed by atoms with Crippen LogP contribution in [0.1, 0.15) is 22.8 Å². The van der Waals surface area contributed by atoms with Gasteiger partial charge in [0.05, 0.1) is 25.8 Å². The molecule has 0 unspecified atom stereocenters. The Morgan fingerprint density at radius 1 is 1.15 bits per heavy atom. The molecular formula is C18H25N3O5. The maximum Gasteiger partial charge on any atom is 0.409 e. The number of anilines is 1. The van der Waals surface area contributed by atoms with E-state index < -0.39 is 5.97 Å². The van der Waals surface area contributed by atoms with Crippen molar-refractivity contribution in [3.8, 4) is 0 Å². The first-order chi connectivity index (χ1) is 12.4. The Hall–Kier alpha value is -2.61. The van der Waals surface area contributed by atoms with Crippen molar-refractivity contribution in [1.29, 1.82) is 0 Å². The second kappa shape index (κ2) is 9.19. The molecule has 1 heterocycles. The first kappa shape index (κ1) is 19.7. The molecular weight excluding hydrogens is 338 g/mol. The van der Waals surface area contributed by atoms with Gasteiger partial charge in [0.15, 0.2) is 0 Å². The van der Waals surface area contributed by atoms with Gasteiger partial charge in [-0.3, -0.25) is 9.69 Å². The molecule has 1 aliphatic rings. The van der Waals surface area contributed by atoms with Gasteiger partial charge < -0.3 is 19.7 Å². The zero-order chi connectivity index (χ0) is 19.1. The van der Waals surface area contributed by atoms with Gasteiger partial charge in [-0.2, -0.15) is 0 Å². The summed E-state index contributed by atoms with van der Waals surface area (Å²) in [5, 5.41) is 2.84. The van der Waals surface area contributed by atoms with Crippen LogP contribution in [0, 0.1) is 6.92 Å². The van der Waals surface area contributed by atoms with Gasteiger partial charge in [0.1, 0.15) is 0 Å². The number of rotatable bonds is 5. The largest absolute Gasteiger partial charge is 0.465 e. The van der Waals surface area contributed by atoms with Gasteiger partial charge in [0, 0.05) is 31.9 Å². The summed E-state index contributed by atoms with van der Waals surface area (Å²) < 4.78 is 9.68. The van der Waals surface area contributed by atoms with Crippen LogP contribution >= 0.6 is 0 Å². The molecule has 0 saturated carbocycles. The lowest BCUT2D eigenvalue weighted by atomic mass is 10.1. The number of hydrogen-bond acceptors (Lipinski definition) is 6. The van der Waals surface area contributed by atoms with E-state index in [4.69, 9.17) is 9.47 Å². The summed E-state index contributed by atoms with van der Waals surface area (Å²) in [6, 6.07) is 5.03. The van der Waals surface area contributed by atoms with Crippen LogP contribution in [0.5, 0.6) is 0 Å². The average molecular weight is 363 g/mol. The molecule has 1 aliphatic heterocycles. The summed E-state index contributed by atoms with van der Waals surface area (Å²) in [6.45, 7) is 6.47. The highest BCUT2D eigenvalue weighted by molar-refractivity contribution is 5.96. The standard InChI is InChI=1S/C18H25N3O5/c1-4-26-18(24)21-9-7-20(8-10-21)12-16(22)19-15-11-14(17(23)25-3)6-5-13(15)2/h5-6,11H,4,7-10,12H2,1-3H3,(H,19,22). The second-order valence-corrected chi connectivity index (χ2v) is 6.03. The molecule has 8 nitrogen and oxygen atoms in total. The van der Waals surface area contributed by atoms with Crippen molar-refractivity contribution in [2.45, 2.75) is 13.8 Å². The summed E-state index contributed by atoms with van der Waals surface area (Å²) in [5.41, 5.74) is 1.83. The van der Waals surface area contributed by atoms with Crippen molar-refractivity contribution < 1.29 is 23.9 Å². The normalized spacial score (nSPS) is 14.7. The lowest BCUT2D eigenvalue weighted by Gasteiger charge is -2.33. The number of nitrogens with one attached hydrogen (secondary N) is 1. The fraction of sp³-hybridized carbons (Fsp3) is 0.500. The first-order valence-corrected chi connectivity index (χ1v) is 8.57. The molecule has 0 spiro atoms. The molecule has 26 heavy (non-hydrogen) atoms. The number of esters is 1. The molecule has 0 atom stereocenters. The van der Waals surface area contributed by atoms with E-state index >= 15 is 0 Å². The molecule has 1 fully saturated rings. The first-order valence-electron chi connectivity index (χ1n) is 8.57. The van der Waals surface area contributed by atoms with Crippen molar-refractivity contribution in [2.24, 2.45) is 0 Å². The molecule has 1 N–H and O–H groups in total. The Labute approximate surface area is 153 Å². The third-order valence-corrected chi connectivity index (χ3v) is 4.20. The Morgan fingerprint density at radius 2 is 1.85 bits per heavy atom. The molecule has 0 bridgehead atoms. The Balaban J connectivity index is 1.88. The second-order valence-electron chi connectivity index (χ2n) is 6.03. The van der Waals surface area contributed by atoms with E-state index in [1.165, 1.54) is 7.11 Å². The van der Waals surface area contributed by atoms with Crippen LogP contribution in [-0.2, 0) is 14.3 Å². The van der Waals surface area contributed by atoms with E-state index in [0.29, 0.717) is 44.0 Å². The lowest BCUT2D eigenvalue weighted by molar-refractivity contribution is -0.117. The lowest BCUT2D eigenvalue weighted by Crippen LogP contribution is -2.50. The van der Waals surface area contributed by atoms with E-state index in [0.717, 1.165) is 5.56 Å². The van der Waals surface area contributed by atoms with Crippen molar-refractivity contribution in [3.63, 3.8) is 0 Å². The number of carbonyl (C=O) groups is 3. The Bertz CT molecular complexity index is 669. The minimum atomic E-state index is -0.449. The topological polar surface area (TPSA) is 88.2 Å². The average Bonchev–Trinajstić information content (AvgIpc) is 2.63. The van der Waals surface area contributed by atoms with Crippen LogP contribution in [0.15, 0.2) is 18.2 Å². The number of methoxy groups -OCH3 is 1. The number of benzene rings is 1. The van der Waals surface area contributed by atoms with Crippen LogP contribution < -0.4 is 5.32 Å². The predicted octanol–water partition coefficient (Wildman–Crippen LogP) is 1.49. The Kier molecular flexibility index (Phi) is 6.97. The number of carbonyl (C=O) groups excluding carboxylic acids is 3. The highest BCUT2D eigenvalue weighted by Crippen LogP contribution is 2.17. The zero-order valence-corrected chi connectivity index (χ0v) is 15.4. The molecule has 0 aliphatic carbocycles. The van der Waals surface area contributed by atoms with Crippen LogP contribution in [0.3, 0.4) is 0 Å². The van der Waals surface area contributed by atoms with Crippen molar-refractivity contribution >= 4 is 23.7 Å². The maximum absolute atomic E-state index is 12.3. The zero-order valence-electron chi connectivity index (χ0n) is 15.4. The third-order valence-electron chi connectivity index (χ3n) is 4.20. The summed E-state index contributed by atoms with van der Waals surface area (Å²) in [4.78, 5) is 39.3. The SMILES string of the molecule is CCOC(=O)N1CCN(CC(=O)Nc2cc(C(=O)OC)ccc2C)CC1. The maximum atomic E-state index is 12.3. The third kappa shape index (κ3) is 5.19. The van der Waals surface area contributed by atoms with E-state index in [9.17, 15) is 14.4 Å². The van der Waals surface area contributed by atoms with Gasteiger partial charge in [-0.05, 0) is 31.5 Å². The van der Waals surface area contributed by atoms with Gasteiger partial charge in [0.2, 0.25) is 5.91 Å². The summed E-state index contributed by atoms with van der Waals surface area (Å²) >= 11 is 0. The van der Waals surface area contributed by atoms with E-state index in [1.807, 2.05) is 11.8 Å². The highest BCUT2D eigenvalue weighted by atomic mass is 16.6. The van der Waals surface area contributed by atoms with Crippen LogP contribution in [0.4, 0.5) is 10.5 Å². The van der Waals surface area contributed by atoms with Crippen LogP contribution in [0.2, 0.25) is 0 Å². The number of amides is 2. The van der Waals surface area contributed by atoms with Crippen molar-refractivity contribution in [2.75, 3.05) is 51.8 Å². The van der Waals surface area contributed by atoms with Crippen molar-refractivity contribution in [1.82, 2.24) is 9.80 Å². The Morgan fingerprint density at radius 3 is 2.46 bits per heavy atom. The highest BCUT2D eigenvalue weighted by Gasteiger charge is 2.23. The molecule has 1 saturated heterocycles. The summed E-state index contributed by atoms with van der Waals surface area (Å²) in [6.07, 6.45) is -0.313. The summed E-state index contributed by atoms with van der Waals surface area (Å²) in [5.74, 6) is -0.615. The molecule has 0 radical (unpaired) electrons. The number of ether oxygens (including phenoxy) is 2. The molecule has 142 valence electrons. The van der Waals surface area contributed by atoms with Crippen LogP contribution in [0.25, 0.3) is 0 Å². The monoisotopic (exact) mass is 363 g/mol. The van der Waals surface area contributed by atoms with Crippen LogP contribution in [-0.4, -0.2) is 74.2 Å². The van der Waals surface area contributed by atoms with Gasteiger partial charge in [-0.15, -0.1) is 0 Å². The number of nitrogens with zero attached hydrogens (tertiary/aromatic N) is 2. The minimum absolute atomic E-state index is 0.167. The van der Waals surface area contributed by atoms with Gasteiger partial charge in [-0.1, -0.05) is 6.07 Å². The number of aryl methyl sites for hydroxylation is 1. The van der Waals surface area contributed by atoms with E-state index in [1.54, 1.807) is 30.0 Å². The molecule has 8 heteroatoms. The smallest absolute Gasteiger partial charge is 0.409 e. The number of piperazine rings is 1. The molecule has 1 aromatic carbocycles. The quantitative estimate of drug-likeness (QED) is 0.798. The van der Waals surface area contributed by atoms with Gasteiger partial charge >= 0.3 is 12.1 Å². The molecule has 1 aromatic rings. The van der Waals surface area contributed by atoms with Gasteiger partial charge in [-0.25, -0.2) is 9.59 Å². The predicted molar refractivity (Wildman–Crippen MR) is 96.2 cm³/mol. The minimum Gasteiger partial charge on any atom is -0.465 e.